The van der Waals surface area contributed by atoms with Gasteiger partial charge in [-0.2, -0.15) is 0 Å². The molecule has 1 aromatic heterocycles. The molecule has 0 aliphatic heterocycles. The quantitative estimate of drug-likeness (QED) is 0.718. The van der Waals surface area contributed by atoms with Crippen LogP contribution in [0.25, 0.3) is 0 Å². The van der Waals surface area contributed by atoms with Crippen molar-refractivity contribution < 1.29 is 4.42 Å². The van der Waals surface area contributed by atoms with Gasteiger partial charge in [-0.05, 0) is 26.6 Å². The van der Waals surface area contributed by atoms with Crippen molar-refractivity contribution in [2.24, 2.45) is 0 Å². The summed E-state index contributed by atoms with van der Waals surface area (Å²) in [5.74, 6) is 2.03. The zero-order valence-corrected chi connectivity index (χ0v) is 10.5. The van der Waals surface area contributed by atoms with E-state index in [0.29, 0.717) is 0 Å². The molecule has 3 nitrogen and oxygen atoms in total. The van der Waals surface area contributed by atoms with Gasteiger partial charge in [0.2, 0.25) is 0 Å². The predicted molar refractivity (Wildman–Crippen MR) is 67.4 cm³/mol. The molecule has 16 heavy (non-hydrogen) atoms. The largest absolute Gasteiger partial charge is 0.465 e. The molecular formula is C13H22N2O. The third kappa shape index (κ3) is 3.83. The van der Waals surface area contributed by atoms with Crippen LogP contribution < -0.4 is 5.32 Å². The second-order valence-electron chi connectivity index (χ2n) is 4.06. The van der Waals surface area contributed by atoms with Gasteiger partial charge in [-0.1, -0.05) is 13.0 Å². The zero-order chi connectivity index (χ0) is 12.0. The van der Waals surface area contributed by atoms with Gasteiger partial charge < -0.3 is 9.73 Å². The van der Waals surface area contributed by atoms with E-state index in [9.17, 15) is 0 Å². The third-order valence-corrected chi connectivity index (χ3v) is 2.50. The standard InChI is InChI=1S/C13H22N2O/c1-5-7-15(4)10-12-8-13(9-14-6-2)16-11(12)3/h5,8,14H,1,6-7,9-10H2,2-4H3. The molecule has 0 saturated carbocycles. The van der Waals surface area contributed by atoms with E-state index in [0.717, 1.165) is 37.7 Å². The fraction of sp³-hybridized carbons (Fsp3) is 0.538. The van der Waals surface area contributed by atoms with Gasteiger partial charge in [-0.3, -0.25) is 4.90 Å². The second kappa shape index (κ2) is 6.51. The smallest absolute Gasteiger partial charge is 0.118 e. The Kier molecular flexibility index (Phi) is 5.29. The first kappa shape index (κ1) is 13.0. The SMILES string of the molecule is C=CCN(C)Cc1cc(CNCC)oc1C. The number of nitrogens with one attached hydrogen (secondary N) is 1. The van der Waals surface area contributed by atoms with Crippen molar-refractivity contribution in [2.75, 3.05) is 20.1 Å². The maximum Gasteiger partial charge on any atom is 0.118 e. The van der Waals surface area contributed by atoms with Gasteiger partial charge in [0.15, 0.2) is 0 Å². The Hall–Kier alpha value is -1.06. The highest BCUT2D eigenvalue weighted by Gasteiger charge is 2.08. The van der Waals surface area contributed by atoms with Crippen LogP contribution in [0.4, 0.5) is 0 Å². The van der Waals surface area contributed by atoms with E-state index in [1.807, 2.05) is 13.0 Å². The van der Waals surface area contributed by atoms with E-state index in [1.165, 1.54) is 5.56 Å². The van der Waals surface area contributed by atoms with Crippen molar-refractivity contribution in [2.45, 2.75) is 26.9 Å². The monoisotopic (exact) mass is 222 g/mol. The van der Waals surface area contributed by atoms with E-state index in [4.69, 9.17) is 4.42 Å². The first-order chi connectivity index (χ1) is 7.67. The molecule has 90 valence electrons. The molecule has 0 atom stereocenters. The maximum atomic E-state index is 5.68. The Morgan fingerprint density at radius 3 is 2.94 bits per heavy atom. The molecule has 1 N–H and O–H groups in total. The molecule has 1 heterocycles. The van der Waals surface area contributed by atoms with Crippen molar-refractivity contribution in [3.8, 4) is 0 Å². The van der Waals surface area contributed by atoms with Crippen molar-refractivity contribution >= 4 is 0 Å². The van der Waals surface area contributed by atoms with Gasteiger partial charge >= 0.3 is 0 Å². The van der Waals surface area contributed by atoms with Crippen LogP contribution in [0.3, 0.4) is 0 Å². The summed E-state index contributed by atoms with van der Waals surface area (Å²) in [6.07, 6.45) is 1.91. The number of hydrogen-bond donors (Lipinski definition) is 1. The Balaban J connectivity index is 2.58. The fourth-order valence-electron chi connectivity index (χ4n) is 1.66. The lowest BCUT2D eigenvalue weighted by Crippen LogP contribution is -2.17. The molecule has 3 heteroatoms. The Bertz CT molecular complexity index is 331. The molecule has 0 fully saturated rings. The number of aryl methyl sites for hydroxylation is 1. The van der Waals surface area contributed by atoms with Crippen LogP contribution in [0.1, 0.15) is 24.0 Å². The zero-order valence-electron chi connectivity index (χ0n) is 10.5. The summed E-state index contributed by atoms with van der Waals surface area (Å²) in [6, 6.07) is 2.14. The van der Waals surface area contributed by atoms with Crippen LogP contribution in [0.5, 0.6) is 0 Å². The molecule has 0 amide bonds. The highest BCUT2D eigenvalue weighted by molar-refractivity contribution is 5.20. The van der Waals surface area contributed by atoms with Crippen molar-refractivity contribution in [1.82, 2.24) is 10.2 Å². The molecular weight excluding hydrogens is 200 g/mol. The molecule has 0 spiro atoms. The first-order valence-electron chi connectivity index (χ1n) is 5.75. The Morgan fingerprint density at radius 1 is 1.56 bits per heavy atom. The summed E-state index contributed by atoms with van der Waals surface area (Å²) < 4.78 is 5.68. The highest BCUT2D eigenvalue weighted by Crippen LogP contribution is 2.16. The van der Waals surface area contributed by atoms with Crippen LogP contribution in [0, 0.1) is 6.92 Å². The fourth-order valence-corrected chi connectivity index (χ4v) is 1.66. The number of nitrogens with zero attached hydrogens (tertiary/aromatic N) is 1. The van der Waals surface area contributed by atoms with Crippen LogP contribution in [-0.2, 0) is 13.1 Å². The van der Waals surface area contributed by atoms with Crippen LogP contribution in [0.15, 0.2) is 23.1 Å². The number of rotatable bonds is 7. The Morgan fingerprint density at radius 2 is 2.31 bits per heavy atom. The van der Waals surface area contributed by atoms with E-state index in [2.05, 4.69) is 36.8 Å². The molecule has 0 unspecified atom stereocenters. The van der Waals surface area contributed by atoms with Gasteiger partial charge in [0.05, 0.1) is 6.54 Å². The number of likely N-dealkylation sites (N-methyl/N-ethyl adjacent to an activating group) is 1. The highest BCUT2D eigenvalue weighted by atomic mass is 16.3. The average molecular weight is 222 g/mol. The predicted octanol–water partition coefficient (Wildman–Crippen LogP) is 2.32. The lowest BCUT2D eigenvalue weighted by molar-refractivity contribution is 0.359. The minimum absolute atomic E-state index is 0.808. The Labute approximate surface area is 98.1 Å². The van der Waals surface area contributed by atoms with Crippen molar-refractivity contribution in [1.29, 1.82) is 0 Å². The summed E-state index contributed by atoms with van der Waals surface area (Å²) in [4.78, 5) is 2.21. The topological polar surface area (TPSA) is 28.4 Å². The molecule has 0 aliphatic carbocycles. The molecule has 0 aliphatic rings. The summed E-state index contributed by atoms with van der Waals surface area (Å²) in [5, 5.41) is 3.26. The normalized spacial score (nSPS) is 11.0. The van der Waals surface area contributed by atoms with Crippen LogP contribution in [-0.4, -0.2) is 25.0 Å². The van der Waals surface area contributed by atoms with E-state index < -0.39 is 0 Å². The lowest BCUT2D eigenvalue weighted by Gasteiger charge is -2.12. The lowest BCUT2D eigenvalue weighted by atomic mass is 10.2. The number of furan rings is 1. The summed E-state index contributed by atoms with van der Waals surface area (Å²) >= 11 is 0. The molecule has 1 rings (SSSR count). The van der Waals surface area contributed by atoms with Crippen molar-refractivity contribution in [3.63, 3.8) is 0 Å². The van der Waals surface area contributed by atoms with Gasteiger partial charge in [-0.15, -0.1) is 6.58 Å². The van der Waals surface area contributed by atoms with E-state index in [1.54, 1.807) is 0 Å². The molecule has 0 aromatic carbocycles. The minimum atomic E-state index is 0.808. The van der Waals surface area contributed by atoms with E-state index >= 15 is 0 Å². The van der Waals surface area contributed by atoms with Crippen LogP contribution in [0.2, 0.25) is 0 Å². The molecule has 0 bridgehead atoms. The van der Waals surface area contributed by atoms with Gasteiger partial charge in [-0.25, -0.2) is 0 Å². The summed E-state index contributed by atoms with van der Waals surface area (Å²) in [5.41, 5.74) is 1.26. The van der Waals surface area contributed by atoms with Gasteiger partial charge in [0.25, 0.3) is 0 Å². The molecule has 1 aromatic rings. The van der Waals surface area contributed by atoms with Gasteiger partial charge in [0, 0.05) is 18.7 Å². The second-order valence-corrected chi connectivity index (χ2v) is 4.06. The van der Waals surface area contributed by atoms with Crippen molar-refractivity contribution in [3.05, 3.63) is 35.8 Å². The first-order valence-corrected chi connectivity index (χ1v) is 5.75. The average Bonchev–Trinajstić information content (AvgIpc) is 2.57. The summed E-state index contributed by atoms with van der Waals surface area (Å²) in [7, 11) is 2.08. The maximum absolute atomic E-state index is 5.68. The van der Waals surface area contributed by atoms with Gasteiger partial charge in [0.1, 0.15) is 11.5 Å². The minimum Gasteiger partial charge on any atom is -0.465 e. The number of hydrogen-bond acceptors (Lipinski definition) is 3. The van der Waals surface area contributed by atoms with E-state index in [-0.39, 0.29) is 0 Å². The molecule has 0 radical (unpaired) electrons. The third-order valence-electron chi connectivity index (χ3n) is 2.50. The summed E-state index contributed by atoms with van der Waals surface area (Å²) in [6.45, 7) is 11.4. The van der Waals surface area contributed by atoms with Crippen LogP contribution >= 0.6 is 0 Å². The molecule has 0 saturated heterocycles.